The van der Waals surface area contributed by atoms with Gasteiger partial charge in [-0.1, -0.05) is 19.1 Å². The first-order valence-corrected chi connectivity index (χ1v) is 8.90. The number of nitrogens with one attached hydrogen (secondary N) is 1. The summed E-state index contributed by atoms with van der Waals surface area (Å²) in [5.41, 5.74) is 0.890. The quantitative estimate of drug-likeness (QED) is 0.891. The molecule has 0 bridgehead atoms. The Kier molecular flexibility index (Phi) is 4.85. The maximum absolute atomic E-state index is 11.7. The fourth-order valence-corrected chi connectivity index (χ4v) is 2.88. The molecular weight excluding hydrogens is 286 g/mol. The molecule has 0 amide bonds. The fourth-order valence-electron chi connectivity index (χ4n) is 2.20. The van der Waals surface area contributed by atoms with Gasteiger partial charge in [0.25, 0.3) is 0 Å². The van der Waals surface area contributed by atoms with E-state index < -0.39 is 9.84 Å². The summed E-state index contributed by atoms with van der Waals surface area (Å²) in [4.78, 5) is 0.326. The summed E-state index contributed by atoms with van der Waals surface area (Å²) in [6.07, 6.45) is 2.21. The van der Waals surface area contributed by atoms with Gasteiger partial charge in [0.1, 0.15) is 11.5 Å². The first kappa shape index (κ1) is 15.8. The van der Waals surface area contributed by atoms with Crippen LogP contribution in [0.4, 0.5) is 0 Å². The molecule has 1 aromatic heterocycles. The molecule has 0 radical (unpaired) electrons. The van der Waals surface area contributed by atoms with Crippen LogP contribution in [0.2, 0.25) is 0 Å². The Balaban J connectivity index is 2.41. The third-order valence-electron chi connectivity index (χ3n) is 3.26. The van der Waals surface area contributed by atoms with E-state index in [1.807, 2.05) is 25.1 Å². The predicted molar refractivity (Wildman–Crippen MR) is 83.1 cm³/mol. The van der Waals surface area contributed by atoms with Crippen molar-refractivity contribution in [3.8, 4) is 0 Å². The zero-order valence-corrected chi connectivity index (χ0v) is 13.4. The van der Waals surface area contributed by atoms with Crippen LogP contribution in [0.1, 0.15) is 36.5 Å². The van der Waals surface area contributed by atoms with E-state index in [-0.39, 0.29) is 6.04 Å². The Hall–Kier alpha value is -1.59. The van der Waals surface area contributed by atoms with E-state index in [1.54, 1.807) is 18.2 Å². The van der Waals surface area contributed by atoms with Crippen LogP contribution in [0, 0.1) is 6.92 Å². The number of aryl methyl sites for hydroxylation is 1. The summed E-state index contributed by atoms with van der Waals surface area (Å²) in [7, 11) is -3.21. The number of furan rings is 1. The number of rotatable bonds is 6. The molecule has 0 aliphatic carbocycles. The smallest absolute Gasteiger partial charge is 0.175 e. The Morgan fingerprint density at radius 2 is 2.00 bits per heavy atom. The summed E-state index contributed by atoms with van der Waals surface area (Å²) in [6, 6.07) is 10.7. The van der Waals surface area contributed by atoms with Crippen molar-refractivity contribution in [1.29, 1.82) is 0 Å². The van der Waals surface area contributed by atoms with E-state index in [1.165, 1.54) is 6.26 Å². The fraction of sp³-hybridized carbons (Fsp3) is 0.375. The summed E-state index contributed by atoms with van der Waals surface area (Å²) in [5, 5.41) is 3.41. The first-order valence-electron chi connectivity index (χ1n) is 7.01. The van der Waals surface area contributed by atoms with E-state index in [0.29, 0.717) is 4.90 Å². The average molecular weight is 307 g/mol. The highest BCUT2D eigenvalue weighted by molar-refractivity contribution is 7.90. The van der Waals surface area contributed by atoms with E-state index in [2.05, 4.69) is 12.2 Å². The van der Waals surface area contributed by atoms with Gasteiger partial charge in [-0.15, -0.1) is 0 Å². The first-order chi connectivity index (χ1) is 9.91. The molecule has 2 rings (SSSR count). The lowest BCUT2D eigenvalue weighted by Crippen LogP contribution is -2.23. The molecule has 0 aliphatic heterocycles. The van der Waals surface area contributed by atoms with Gasteiger partial charge in [-0.2, -0.15) is 0 Å². The molecule has 1 N–H and O–H groups in total. The van der Waals surface area contributed by atoms with Crippen LogP contribution in [0.5, 0.6) is 0 Å². The molecule has 1 atom stereocenters. The van der Waals surface area contributed by atoms with Crippen molar-refractivity contribution in [2.75, 3.05) is 12.8 Å². The summed E-state index contributed by atoms with van der Waals surface area (Å²) in [6.45, 7) is 4.81. The van der Waals surface area contributed by atoms with E-state index in [4.69, 9.17) is 4.42 Å². The van der Waals surface area contributed by atoms with Crippen LogP contribution in [0.25, 0.3) is 0 Å². The Bertz CT molecular complexity index is 704. The molecule has 0 fully saturated rings. The van der Waals surface area contributed by atoms with E-state index in [9.17, 15) is 8.42 Å². The molecule has 114 valence electrons. The highest BCUT2D eigenvalue weighted by Crippen LogP contribution is 2.25. The van der Waals surface area contributed by atoms with E-state index >= 15 is 0 Å². The van der Waals surface area contributed by atoms with Gasteiger partial charge in [0.2, 0.25) is 0 Å². The maximum Gasteiger partial charge on any atom is 0.175 e. The van der Waals surface area contributed by atoms with Crippen LogP contribution >= 0.6 is 0 Å². The van der Waals surface area contributed by atoms with Crippen LogP contribution < -0.4 is 5.32 Å². The predicted octanol–water partition coefficient (Wildman–Crippen LogP) is 3.08. The molecule has 21 heavy (non-hydrogen) atoms. The third kappa shape index (κ3) is 3.95. The van der Waals surface area contributed by atoms with Crippen LogP contribution in [0.3, 0.4) is 0 Å². The highest BCUT2D eigenvalue weighted by atomic mass is 32.2. The Morgan fingerprint density at radius 1 is 1.24 bits per heavy atom. The van der Waals surface area contributed by atoms with Crippen LogP contribution in [0.15, 0.2) is 45.7 Å². The van der Waals surface area contributed by atoms with Gasteiger partial charge in [-0.05, 0) is 49.7 Å². The average Bonchev–Trinajstić information content (AvgIpc) is 2.85. The van der Waals surface area contributed by atoms with Crippen LogP contribution in [-0.2, 0) is 9.84 Å². The molecule has 1 aromatic carbocycles. The normalized spacial score (nSPS) is 13.3. The second kappa shape index (κ2) is 6.45. The van der Waals surface area contributed by atoms with Gasteiger partial charge in [0.15, 0.2) is 9.84 Å². The molecule has 2 aromatic rings. The number of sulfone groups is 1. The lowest BCUT2D eigenvalue weighted by molar-refractivity contribution is 0.430. The highest BCUT2D eigenvalue weighted by Gasteiger charge is 2.18. The third-order valence-corrected chi connectivity index (χ3v) is 4.37. The topological polar surface area (TPSA) is 59.3 Å². The lowest BCUT2D eigenvalue weighted by atomic mass is 10.0. The zero-order chi connectivity index (χ0) is 15.5. The second-order valence-electron chi connectivity index (χ2n) is 5.18. The van der Waals surface area contributed by atoms with Crippen molar-refractivity contribution < 1.29 is 12.8 Å². The van der Waals surface area contributed by atoms with Gasteiger partial charge >= 0.3 is 0 Å². The molecule has 0 aliphatic rings. The van der Waals surface area contributed by atoms with Gasteiger partial charge in [-0.3, -0.25) is 0 Å². The van der Waals surface area contributed by atoms with Crippen molar-refractivity contribution in [3.05, 3.63) is 53.5 Å². The van der Waals surface area contributed by atoms with Gasteiger partial charge in [-0.25, -0.2) is 8.42 Å². The molecule has 0 saturated heterocycles. The number of benzene rings is 1. The zero-order valence-electron chi connectivity index (χ0n) is 12.6. The molecule has 4 nitrogen and oxygen atoms in total. The molecule has 5 heteroatoms. The van der Waals surface area contributed by atoms with Gasteiger partial charge < -0.3 is 9.73 Å². The Morgan fingerprint density at radius 3 is 2.57 bits per heavy atom. The summed E-state index contributed by atoms with van der Waals surface area (Å²) < 4.78 is 29.1. The van der Waals surface area contributed by atoms with Crippen LogP contribution in [-0.4, -0.2) is 21.2 Å². The number of hydrogen-bond donors (Lipinski definition) is 1. The summed E-state index contributed by atoms with van der Waals surface area (Å²) in [5.74, 6) is 1.64. The van der Waals surface area contributed by atoms with Gasteiger partial charge in [0.05, 0.1) is 10.9 Å². The second-order valence-corrected chi connectivity index (χ2v) is 7.20. The van der Waals surface area contributed by atoms with Crippen molar-refractivity contribution in [1.82, 2.24) is 5.32 Å². The lowest BCUT2D eigenvalue weighted by Gasteiger charge is -2.17. The minimum absolute atomic E-state index is 0.139. The molecule has 1 unspecified atom stereocenters. The summed E-state index contributed by atoms with van der Waals surface area (Å²) >= 11 is 0. The molecular formula is C16H21NO3S. The number of hydrogen-bond acceptors (Lipinski definition) is 4. The molecule has 0 saturated carbocycles. The standard InChI is InChI=1S/C16H21NO3S/c1-4-10-17-16(15-9-8-12(2)20-15)13-6-5-7-14(11-13)21(3,18)19/h5-9,11,16-17H,4,10H2,1-3H3. The SMILES string of the molecule is CCCNC(c1cccc(S(C)(=O)=O)c1)c1ccc(C)o1. The van der Waals surface area contributed by atoms with Gasteiger partial charge in [0, 0.05) is 6.26 Å². The Labute approximate surface area is 126 Å². The molecule has 1 heterocycles. The van der Waals surface area contributed by atoms with Crippen molar-refractivity contribution in [3.63, 3.8) is 0 Å². The minimum atomic E-state index is -3.21. The van der Waals surface area contributed by atoms with E-state index in [0.717, 1.165) is 30.0 Å². The van der Waals surface area contributed by atoms with Crippen molar-refractivity contribution in [2.45, 2.75) is 31.2 Å². The largest absolute Gasteiger partial charge is 0.464 e. The molecule has 0 spiro atoms. The van der Waals surface area contributed by atoms with Crippen molar-refractivity contribution in [2.24, 2.45) is 0 Å². The van der Waals surface area contributed by atoms with Crippen molar-refractivity contribution >= 4 is 9.84 Å². The monoisotopic (exact) mass is 307 g/mol. The minimum Gasteiger partial charge on any atom is -0.464 e. The maximum atomic E-state index is 11.7.